The molecule has 2 N–H and O–H groups in total. The first kappa shape index (κ1) is 17.0. The zero-order valence-electron chi connectivity index (χ0n) is 14.9. The zero-order valence-corrected chi connectivity index (χ0v) is 14.9. The molecule has 1 saturated heterocycles. The van der Waals surface area contributed by atoms with Crippen LogP contribution in [0.2, 0.25) is 0 Å². The SMILES string of the molecule is Cc1cccc(C)c1NC(=O)C[NH+]1CCN(C(=O)[C@H]2C[C@@H]2C)CC1. The first-order valence-corrected chi connectivity index (χ1v) is 8.94. The average molecular weight is 330 g/mol. The van der Waals surface area contributed by atoms with Crippen molar-refractivity contribution in [1.29, 1.82) is 0 Å². The van der Waals surface area contributed by atoms with E-state index in [1.54, 1.807) is 0 Å². The predicted octanol–water partition coefficient (Wildman–Crippen LogP) is 0.625. The quantitative estimate of drug-likeness (QED) is 0.851. The molecule has 5 nitrogen and oxygen atoms in total. The van der Waals surface area contributed by atoms with Gasteiger partial charge < -0.3 is 15.1 Å². The molecule has 1 aromatic rings. The van der Waals surface area contributed by atoms with Crippen molar-refractivity contribution >= 4 is 17.5 Å². The summed E-state index contributed by atoms with van der Waals surface area (Å²) in [5.74, 6) is 1.20. The fraction of sp³-hybridized carbons (Fsp3) is 0.579. The smallest absolute Gasteiger partial charge is 0.279 e. The maximum absolute atomic E-state index is 12.3. The molecule has 2 fully saturated rings. The van der Waals surface area contributed by atoms with Gasteiger partial charge in [-0.15, -0.1) is 0 Å². The van der Waals surface area contributed by atoms with Crippen molar-refractivity contribution in [1.82, 2.24) is 4.90 Å². The summed E-state index contributed by atoms with van der Waals surface area (Å²) in [4.78, 5) is 27.8. The van der Waals surface area contributed by atoms with Gasteiger partial charge in [0.15, 0.2) is 6.54 Å². The van der Waals surface area contributed by atoms with Gasteiger partial charge in [-0.05, 0) is 37.3 Å². The lowest BCUT2D eigenvalue weighted by Crippen LogP contribution is -3.15. The minimum Gasteiger partial charge on any atom is -0.331 e. The first-order chi connectivity index (χ1) is 11.5. The molecule has 2 atom stereocenters. The number of hydrogen-bond acceptors (Lipinski definition) is 2. The fourth-order valence-corrected chi connectivity index (χ4v) is 3.54. The Morgan fingerprint density at radius 2 is 1.79 bits per heavy atom. The van der Waals surface area contributed by atoms with Gasteiger partial charge in [0.05, 0.1) is 26.2 Å². The number of amides is 2. The number of hydrogen-bond donors (Lipinski definition) is 2. The molecule has 2 aliphatic rings. The summed E-state index contributed by atoms with van der Waals surface area (Å²) < 4.78 is 0. The van der Waals surface area contributed by atoms with Crippen molar-refractivity contribution in [2.45, 2.75) is 27.2 Å². The molecule has 1 aliphatic carbocycles. The van der Waals surface area contributed by atoms with Gasteiger partial charge in [-0.2, -0.15) is 0 Å². The van der Waals surface area contributed by atoms with Crippen LogP contribution in [0, 0.1) is 25.7 Å². The van der Waals surface area contributed by atoms with E-state index in [1.165, 1.54) is 4.90 Å². The van der Waals surface area contributed by atoms with Crippen LogP contribution in [0.15, 0.2) is 18.2 Å². The van der Waals surface area contributed by atoms with E-state index in [4.69, 9.17) is 0 Å². The van der Waals surface area contributed by atoms with Gasteiger partial charge in [-0.1, -0.05) is 25.1 Å². The van der Waals surface area contributed by atoms with E-state index in [0.717, 1.165) is 49.4 Å². The van der Waals surface area contributed by atoms with E-state index in [1.807, 2.05) is 36.9 Å². The van der Waals surface area contributed by atoms with Crippen molar-refractivity contribution in [2.24, 2.45) is 11.8 Å². The first-order valence-electron chi connectivity index (χ1n) is 8.94. The Labute approximate surface area is 144 Å². The van der Waals surface area contributed by atoms with Gasteiger partial charge in [0.2, 0.25) is 5.91 Å². The lowest BCUT2D eigenvalue weighted by molar-refractivity contribution is -0.895. The third-order valence-corrected chi connectivity index (χ3v) is 5.36. The molecule has 1 aliphatic heterocycles. The van der Waals surface area contributed by atoms with Crippen LogP contribution >= 0.6 is 0 Å². The minimum atomic E-state index is 0.0537. The van der Waals surface area contributed by atoms with E-state index < -0.39 is 0 Å². The number of nitrogens with one attached hydrogen (secondary N) is 2. The van der Waals surface area contributed by atoms with Gasteiger partial charge in [0, 0.05) is 11.6 Å². The van der Waals surface area contributed by atoms with E-state index in [-0.39, 0.29) is 11.8 Å². The molecule has 0 bridgehead atoms. The number of nitrogens with zero attached hydrogens (tertiary/aromatic N) is 1. The van der Waals surface area contributed by atoms with E-state index in [0.29, 0.717) is 18.4 Å². The Morgan fingerprint density at radius 3 is 2.33 bits per heavy atom. The predicted molar refractivity (Wildman–Crippen MR) is 94.0 cm³/mol. The van der Waals surface area contributed by atoms with Crippen LogP contribution < -0.4 is 10.2 Å². The van der Waals surface area contributed by atoms with Gasteiger partial charge in [0.25, 0.3) is 5.91 Å². The van der Waals surface area contributed by atoms with Crippen molar-refractivity contribution in [3.05, 3.63) is 29.3 Å². The van der Waals surface area contributed by atoms with Crippen LogP contribution in [-0.4, -0.2) is 49.4 Å². The highest BCUT2D eigenvalue weighted by molar-refractivity contribution is 5.93. The number of carbonyl (C=O) groups is 2. The topological polar surface area (TPSA) is 53.9 Å². The summed E-state index contributed by atoms with van der Waals surface area (Å²) in [6.45, 7) is 9.89. The Hall–Kier alpha value is -1.88. The third-order valence-electron chi connectivity index (χ3n) is 5.36. The van der Waals surface area contributed by atoms with Gasteiger partial charge in [-0.3, -0.25) is 9.59 Å². The molecule has 0 radical (unpaired) electrons. The molecule has 1 heterocycles. The highest BCUT2D eigenvalue weighted by atomic mass is 16.2. The molecule has 0 aromatic heterocycles. The molecule has 3 rings (SSSR count). The molecule has 24 heavy (non-hydrogen) atoms. The monoisotopic (exact) mass is 330 g/mol. The Kier molecular flexibility index (Phi) is 4.90. The second-order valence-electron chi connectivity index (χ2n) is 7.39. The number of para-hydroxylation sites is 1. The lowest BCUT2D eigenvalue weighted by atomic mass is 10.1. The number of piperazine rings is 1. The number of benzene rings is 1. The molecule has 1 saturated carbocycles. The Balaban J connectivity index is 1.47. The molecular formula is C19H28N3O2+. The number of aryl methyl sites for hydroxylation is 2. The van der Waals surface area contributed by atoms with Crippen molar-refractivity contribution < 1.29 is 14.5 Å². The summed E-state index contributed by atoms with van der Waals surface area (Å²) in [5, 5.41) is 3.05. The molecule has 0 spiro atoms. The van der Waals surface area contributed by atoms with Crippen LogP contribution in [0.4, 0.5) is 5.69 Å². The molecular weight excluding hydrogens is 302 g/mol. The van der Waals surface area contributed by atoms with Gasteiger partial charge in [-0.25, -0.2) is 0 Å². The maximum Gasteiger partial charge on any atom is 0.279 e. The van der Waals surface area contributed by atoms with Crippen molar-refractivity contribution in [3.63, 3.8) is 0 Å². The summed E-state index contributed by atoms with van der Waals surface area (Å²) in [5.41, 5.74) is 3.11. The van der Waals surface area contributed by atoms with Gasteiger partial charge in [0.1, 0.15) is 0 Å². The molecule has 2 amide bonds. The van der Waals surface area contributed by atoms with Gasteiger partial charge >= 0.3 is 0 Å². The fourth-order valence-electron chi connectivity index (χ4n) is 3.54. The van der Waals surface area contributed by atoms with Crippen molar-refractivity contribution in [2.75, 3.05) is 38.0 Å². The number of anilines is 1. The number of carbonyl (C=O) groups excluding carboxylic acids is 2. The lowest BCUT2D eigenvalue weighted by Gasteiger charge is -2.32. The standard InChI is InChI=1S/C19H27N3O2/c1-13-5-4-6-14(2)18(13)20-17(23)12-21-7-9-22(10-8-21)19(24)16-11-15(16)3/h4-6,15-16H,7-12H2,1-3H3,(H,20,23)/p+1/t15-,16-/m0/s1. The van der Waals surface area contributed by atoms with Crippen LogP contribution in [0.3, 0.4) is 0 Å². The minimum absolute atomic E-state index is 0.0537. The van der Waals surface area contributed by atoms with E-state index >= 15 is 0 Å². The molecule has 5 heteroatoms. The highest BCUT2D eigenvalue weighted by Gasteiger charge is 2.42. The second kappa shape index (κ2) is 6.93. The molecule has 130 valence electrons. The normalized spacial score (nSPS) is 23.9. The van der Waals surface area contributed by atoms with Crippen LogP contribution in [-0.2, 0) is 9.59 Å². The van der Waals surface area contributed by atoms with Crippen LogP contribution in [0.5, 0.6) is 0 Å². The van der Waals surface area contributed by atoms with Crippen molar-refractivity contribution in [3.8, 4) is 0 Å². The number of quaternary nitrogens is 1. The van der Waals surface area contributed by atoms with E-state index in [9.17, 15) is 9.59 Å². The zero-order chi connectivity index (χ0) is 17.3. The molecule has 0 unspecified atom stereocenters. The molecule has 1 aromatic carbocycles. The highest BCUT2D eigenvalue weighted by Crippen LogP contribution is 2.39. The maximum atomic E-state index is 12.3. The van der Waals surface area contributed by atoms with Crippen LogP contribution in [0.25, 0.3) is 0 Å². The Bertz CT molecular complexity index is 615. The van der Waals surface area contributed by atoms with Crippen LogP contribution in [0.1, 0.15) is 24.5 Å². The summed E-state index contributed by atoms with van der Waals surface area (Å²) in [6, 6.07) is 6.03. The summed E-state index contributed by atoms with van der Waals surface area (Å²) >= 11 is 0. The van der Waals surface area contributed by atoms with E-state index in [2.05, 4.69) is 12.2 Å². The second-order valence-corrected chi connectivity index (χ2v) is 7.39. The largest absolute Gasteiger partial charge is 0.331 e. The Morgan fingerprint density at radius 1 is 1.21 bits per heavy atom. The summed E-state index contributed by atoms with van der Waals surface area (Å²) in [6.07, 6.45) is 1.05. The third kappa shape index (κ3) is 3.78. The summed E-state index contributed by atoms with van der Waals surface area (Å²) in [7, 11) is 0. The average Bonchev–Trinajstić information content (AvgIpc) is 3.28. The number of rotatable bonds is 4.